The van der Waals surface area contributed by atoms with Crippen LogP contribution in [-0.2, 0) is 6.61 Å². The Labute approximate surface area is 158 Å². The van der Waals surface area contributed by atoms with Gasteiger partial charge in [-0.2, -0.15) is 4.98 Å². The summed E-state index contributed by atoms with van der Waals surface area (Å²) in [6, 6.07) is 28.0. The Morgan fingerprint density at radius 2 is 1.26 bits per heavy atom. The van der Waals surface area contributed by atoms with Crippen molar-refractivity contribution in [3.63, 3.8) is 0 Å². The predicted molar refractivity (Wildman–Crippen MR) is 105 cm³/mol. The molecule has 0 spiro atoms. The Morgan fingerprint density at radius 3 is 2.00 bits per heavy atom. The van der Waals surface area contributed by atoms with E-state index < -0.39 is 0 Å². The van der Waals surface area contributed by atoms with Crippen LogP contribution in [0.2, 0.25) is 0 Å². The number of hydrogen-bond donors (Lipinski definition) is 0. The third kappa shape index (κ3) is 4.50. The molecule has 0 unspecified atom stereocenters. The average molecular weight is 354 g/mol. The predicted octanol–water partition coefficient (Wildman–Crippen LogP) is 5.51. The smallest absolute Gasteiger partial charge is 0.241 e. The topological polar surface area (TPSA) is 44.2 Å². The Hall–Kier alpha value is -3.66. The molecule has 132 valence electrons. The minimum absolute atomic E-state index is 0.396. The van der Waals surface area contributed by atoms with Gasteiger partial charge in [0.25, 0.3) is 0 Å². The molecule has 0 aliphatic carbocycles. The molecule has 27 heavy (non-hydrogen) atoms. The molecule has 4 aromatic rings. The zero-order chi connectivity index (χ0) is 18.3. The van der Waals surface area contributed by atoms with E-state index in [0.717, 1.165) is 11.1 Å². The normalized spacial score (nSPS) is 10.4. The van der Waals surface area contributed by atoms with Crippen molar-refractivity contribution in [2.45, 2.75) is 6.61 Å². The highest BCUT2D eigenvalue weighted by Gasteiger charge is 2.04. The molecule has 0 saturated heterocycles. The number of ether oxygens (including phenoxy) is 2. The number of hydrogen-bond acceptors (Lipinski definition) is 4. The summed E-state index contributed by atoms with van der Waals surface area (Å²) in [5.41, 5.74) is 3.37. The van der Waals surface area contributed by atoms with E-state index in [0.29, 0.717) is 24.1 Å². The minimum Gasteiger partial charge on any atom is -0.472 e. The number of nitrogens with zero attached hydrogens (tertiary/aromatic N) is 2. The summed E-state index contributed by atoms with van der Waals surface area (Å²) < 4.78 is 11.5. The first kappa shape index (κ1) is 16.8. The van der Waals surface area contributed by atoms with E-state index in [1.165, 1.54) is 5.56 Å². The van der Waals surface area contributed by atoms with E-state index in [-0.39, 0.29) is 0 Å². The highest BCUT2D eigenvalue weighted by molar-refractivity contribution is 5.63. The first-order valence-electron chi connectivity index (χ1n) is 8.69. The Bertz CT molecular complexity index is 988. The average Bonchev–Trinajstić information content (AvgIpc) is 2.75. The zero-order valence-electron chi connectivity index (χ0n) is 14.7. The van der Waals surface area contributed by atoms with Gasteiger partial charge in [-0.05, 0) is 28.8 Å². The summed E-state index contributed by atoms with van der Waals surface area (Å²) in [6.07, 6.45) is 3.15. The molecule has 0 fully saturated rings. The van der Waals surface area contributed by atoms with Crippen LogP contribution in [0, 0.1) is 0 Å². The Kier molecular flexibility index (Phi) is 5.07. The van der Waals surface area contributed by atoms with Crippen LogP contribution in [-0.4, -0.2) is 9.97 Å². The van der Waals surface area contributed by atoms with Gasteiger partial charge in [-0.25, -0.2) is 0 Å². The summed E-state index contributed by atoms with van der Waals surface area (Å²) in [4.78, 5) is 8.50. The maximum absolute atomic E-state index is 5.81. The van der Waals surface area contributed by atoms with Gasteiger partial charge in [-0.3, -0.25) is 4.98 Å². The van der Waals surface area contributed by atoms with Gasteiger partial charge in [0.2, 0.25) is 11.8 Å². The second kappa shape index (κ2) is 8.15. The Morgan fingerprint density at radius 1 is 0.630 bits per heavy atom. The molecule has 1 aromatic heterocycles. The summed E-state index contributed by atoms with van der Waals surface area (Å²) in [6.45, 7) is 0.435. The van der Waals surface area contributed by atoms with Crippen molar-refractivity contribution in [2.75, 3.05) is 0 Å². The highest BCUT2D eigenvalue weighted by atomic mass is 16.5. The SMILES string of the molecule is c1ccc(COc2cncc(Oc3ccc(-c4ccccc4)cc3)n2)cc1. The summed E-state index contributed by atoms with van der Waals surface area (Å²) in [7, 11) is 0. The molecule has 0 saturated carbocycles. The molecule has 0 atom stereocenters. The maximum Gasteiger partial charge on any atom is 0.241 e. The molecule has 0 radical (unpaired) electrons. The quantitative estimate of drug-likeness (QED) is 0.458. The number of benzene rings is 3. The van der Waals surface area contributed by atoms with Crippen molar-refractivity contribution in [1.29, 1.82) is 0 Å². The molecule has 1 heterocycles. The molecule has 0 N–H and O–H groups in total. The number of rotatable bonds is 6. The molecule has 4 nitrogen and oxygen atoms in total. The van der Waals surface area contributed by atoms with E-state index in [1.54, 1.807) is 12.4 Å². The van der Waals surface area contributed by atoms with Crippen LogP contribution in [0.15, 0.2) is 97.3 Å². The van der Waals surface area contributed by atoms with E-state index >= 15 is 0 Å². The lowest BCUT2D eigenvalue weighted by atomic mass is 10.1. The molecule has 0 aliphatic rings. The third-order valence-electron chi connectivity index (χ3n) is 4.00. The molecular weight excluding hydrogens is 336 g/mol. The lowest BCUT2D eigenvalue weighted by Crippen LogP contribution is -1.98. The zero-order valence-corrected chi connectivity index (χ0v) is 14.7. The van der Waals surface area contributed by atoms with Crippen LogP contribution < -0.4 is 9.47 Å². The summed E-state index contributed by atoms with van der Waals surface area (Å²) in [5, 5.41) is 0. The second-order valence-electron chi connectivity index (χ2n) is 5.96. The van der Waals surface area contributed by atoms with Crippen molar-refractivity contribution in [2.24, 2.45) is 0 Å². The number of aromatic nitrogens is 2. The molecule has 4 rings (SSSR count). The van der Waals surface area contributed by atoms with Gasteiger partial charge < -0.3 is 9.47 Å². The minimum atomic E-state index is 0.396. The van der Waals surface area contributed by atoms with Crippen LogP contribution in [0.5, 0.6) is 17.5 Å². The maximum atomic E-state index is 5.81. The molecule has 4 heteroatoms. The molecular formula is C23H18N2O2. The van der Waals surface area contributed by atoms with Gasteiger partial charge in [-0.1, -0.05) is 72.8 Å². The lowest BCUT2D eigenvalue weighted by Gasteiger charge is -2.08. The van der Waals surface area contributed by atoms with Crippen LogP contribution in [0.25, 0.3) is 11.1 Å². The van der Waals surface area contributed by atoms with Gasteiger partial charge in [0, 0.05) is 0 Å². The fourth-order valence-corrected chi connectivity index (χ4v) is 2.65. The van der Waals surface area contributed by atoms with Crippen molar-refractivity contribution in [3.05, 3.63) is 103 Å². The highest BCUT2D eigenvalue weighted by Crippen LogP contribution is 2.25. The molecule has 0 aliphatic heterocycles. The van der Waals surface area contributed by atoms with Gasteiger partial charge in [0.15, 0.2) is 0 Å². The lowest BCUT2D eigenvalue weighted by molar-refractivity contribution is 0.288. The van der Waals surface area contributed by atoms with Crippen molar-refractivity contribution in [1.82, 2.24) is 9.97 Å². The Balaban J connectivity index is 1.42. The van der Waals surface area contributed by atoms with Crippen LogP contribution in [0.3, 0.4) is 0 Å². The van der Waals surface area contributed by atoms with E-state index in [4.69, 9.17) is 9.47 Å². The molecule has 3 aromatic carbocycles. The van der Waals surface area contributed by atoms with Crippen LogP contribution >= 0.6 is 0 Å². The largest absolute Gasteiger partial charge is 0.472 e. The van der Waals surface area contributed by atoms with Crippen molar-refractivity contribution < 1.29 is 9.47 Å². The second-order valence-corrected chi connectivity index (χ2v) is 5.96. The van der Waals surface area contributed by atoms with E-state index in [1.807, 2.05) is 72.8 Å². The third-order valence-corrected chi connectivity index (χ3v) is 4.00. The van der Waals surface area contributed by atoms with E-state index in [9.17, 15) is 0 Å². The monoisotopic (exact) mass is 354 g/mol. The summed E-state index contributed by atoms with van der Waals surface area (Å²) in [5.74, 6) is 1.52. The van der Waals surface area contributed by atoms with Crippen molar-refractivity contribution >= 4 is 0 Å². The van der Waals surface area contributed by atoms with Gasteiger partial charge >= 0.3 is 0 Å². The van der Waals surface area contributed by atoms with Crippen LogP contribution in [0.1, 0.15) is 5.56 Å². The molecule has 0 bridgehead atoms. The van der Waals surface area contributed by atoms with Gasteiger partial charge in [0.05, 0.1) is 12.4 Å². The van der Waals surface area contributed by atoms with E-state index in [2.05, 4.69) is 22.1 Å². The standard InChI is InChI=1S/C23H18N2O2/c1-3-7-18(8-4-1)17-26-22-15-24-16-23(25-22)27-21-13-11-20(12-14-21)19-9-5-2-6-10-19/h1-16H,17H2. The molecule has 0 amide bonds. The first-order chi connectivity index (χ1) is 13.4. The van der Waals surface area contributed by atoms with Crippen molar-refractivity contribution in [3.8, 4) is 28.6 Å². The fraction of sp³-hybridized carbons (Fsp3) is 0.0435. The van der Waals surface area contributed by atoms with Gasteiger partial charge in [-0.15, -0.1) is 0 Å². The fourth-order valence-electron chi connectivity index (χ4n) is 2.65. The summed E-state index contributed by atoms with van der Waals surface area (Å²) >= 11 is 0. The first-order valence-corrected chi connectivity index (χ1v) is 8.69. The van der Waals surface area contributed by atoms with Crippen LogP contribution in [0.4, 0.5) is 0 Å². The van der Waals surface area contributed by atoms with Gasteiger partial charge in [0.1, 0.15) is 12.4 Å².